The Kier molecular flexibility index (Phi) is 8.13. The van der Waals surface area contributed by atoms with Crippen LogP contribution in [-0.2, 0) is 4.79 Å². The molecule has 1 aromatic carbocycles. The molecule has 0 radical (unpaired) electrons. The molecule has 0 saturated carbocycles. The zero-order valence-electron chi connectivity index (χ0n) is 16.3. The molecule has 0 aliphatic rings. The number of halogens is 1. The lowest BCUT2D eigenvalue weighted by Gasteiger charge is -2.12. The number of anilines is 2. The summed E-state index contributed by atoms with van der Waals surface area (Å²) >= 11 is 5.81. The smallest absolute Gasteiger partial charge is 0.259 e. The monoisotopic (exact) mass is 427 g/mol. The van der Waals surface area contributed by atoms with Gasteiger partial charge >= 0.3 is 0 Å². The topological polar surface area (TPSA) is 130 Å². The lowest BCUT2D eigenvalue weighted by molar-refractivity contribution is -0.111. The van der Waals surface area contributed by atoms with Gasteiger partial charge in [0.15, 0.2) is 0 Å². The van der Waals surface area contributed by atoms with E-state index in [-0.39, 0.29) is 17.3 Å². The van der Waals surface area contributed by atoms with Gasteiger partial charge in [-0.3, -0.25) is 15.0 Å². The number of amides is 2. The summed E-state index contributed by atoms with van der Waals surface area (Å²) in [6.07, 6.45) is 6.22. The maximum absolute atomic E-state index is 12.7. The molecule has 2 aromatic rings. The van der Waals surface area contributed by atoms with Crippen molar-refractivity contribution in [3.63, 3.8) is 0 Å². The third-order valence-corrected chi connectivity index (χ3v) is 4.27. The molecule has 5 N–H and O–H groups in total. The first-order valence-electron chi connectivity index (χ1n) is 8.89. The summed E-state index contributed by atoms with van der Waals surface area (Å²) in [6.45, 7) is 3.61. The van der Waals surface area contributed by atoms with Crippen LogP contribution < -0.4 is 21.1 Å². The maximum atomic E-state index is 12.7. The Morgan fingerprint density at radius 3 is 2.70 bits per heavy atom. The molecule has 8 nitrogen and oxygen atoms in total. The van der Waals surface area contributed by atoms with Crippen molar-refractivity contribution in [3.8, 4) is 5.75 Å². The minimum atomic E-state index is -0.480. The van der Waals surface area contributed by atoms with Crippen LogP contribution in [0.2, 0.25) is 5.02 Å². The lowest BCUT2D eigenvalue weighted by Crippen LogP contribution is -2.20. The normalized spacial score (nSPS) is 11.5. The molecule has 9 heteroatoms. The number of rotatable bonds is 9. The van der Waals surface area contributed by atoms with Crippen LogP contribution in [0.3, 0.4) is 0 Å². The number of amidine groups is 1. The number of carbonyl (C=O) groups excluding carboxylic acids is 2. The van der Waals surface area contributed by atoms with Gasteiger partial charge < -0.3 is 21.1 Å². The van der Waals surface area contributed by atoms with Crippen molar-refractivity contribution < 1.29 is 14.3 Å². The molecule has 1 heterocycles. The van der Waals surface area contributed by atoms with Gasteiger partial charge in [-0.2, -0.15) is 0 Å². The Bertz CT molecular complexity index is 973. The van der Waals surface area contributed by atoms with Crippen LogP contribution in [0.5, 0.6) is 5.75 Å². The van der Waals surface area contributed by atoms with Crippen LogP contribution in [-0.4, -0.2) is 29.7 Å². The zero-order chi connectivity index (χ0) is 22.1. The standard InChI is InChI=1S/C21H22ClN5O3/c1-3-13(20(23)24)5-4-6-19(28)26-17-9-8-15(30-2)11-16(17)21(29)27-18-10-7-14(22)12-25-18/h3-4,6-13H,1,5H2,2H3,(H3,23,24)(H,26,28)(H,25,27,29)/b6-4+. The Labute approximate surface area is 179 Å². The predicted molar refractivity (Wildman–Crippen MR) is 118 cm³/mol. The maximum Gasteiger partial charge on any atom is 0.259 e. The van der Waals surface area contributed by atoms with Gasteiger partial charge in [0.1, 0.15) is 11.6 Å². The summed E-state index contributed by atoms with van der Waals surface area (Å²) in [6, 6.07) is 7.86. The van der Waals surface area contributed by atoms with Gasteiger partial charge in [-0.15, -0.1) is 6.58 Å². The first-order valence-corrected chi connectivity index (χ1v) is 9.26. The molecule has 0 bridgehead atoms. The molecular weight excluding hydrogens is 406 g/mol. The summed E-state index contributed by atoms with van der Waals surface area (Å²) in [5.41, 5.74) is 5.94. The average molecular weight is 428 g/mol. The fourth-order valence-corrected chi connectivity index (χ4v) is 2.54. The van der Waals surface area contributed by atoms with Crippen molar-refractivity contribution >= 4 is 40.8 Å². The van der Waals surface area contributed by atoms with Crippen LogP contribution in [0.1, 0.15) is 16.8 Å². The van der Waals surface area contributed by atoms with E-state index in [1.807, 2.05) is 0 Å². The largest absolute Gasteiger partial charge is 0.497 e. The van der Waals surface area contributed by atoms with Crippen LogP contribution in [0.15, 0.2) is 61.3 Å². The lowest BCUT2D eigenvalue weighted by atomic mass is 10.0. The van der Waals surface area contributed by atoms with E-state index in [9.17, 15) is 9.59 Å². The minimum Gasteiger partial charge on any atom is -0.497 e. The molecule has 0 spiro atoms. The number of ether oxygens (including phenoxy) is 1. The second-order valence-corrected chi connectivity index (χ2v) is 6.59. The number of nitrogens with two attached hydrogens (primary N) is 1. The van der Waals surface area contributed by atoms with Gasteiger partial charge in [0.25, 0.3) is 5.91 Å². The highest BCUT2D eigenvalue weighted by Crippen LogP contribution is 2.23. The van der Waals surface area contributed by atoms with Crippen LogP contribution in [0.25, 0.3) is 0 Å². The molecule has 0 saturated heterocycles. The van der Waals surface area contributed by atoms with Crippen LogP contribution >= 0.6 is 11.6 Å². The highest BCUT2D eigenvalue weighted by Gasteiger charge is 2.15. The highest BCUT2D eigenvalue weighted by atomic mass is 35.5. The Morgan fingerprint density at radius 2 is 2.10 bits per heavy atom. The number of methoxy groups -OCH3 is 1. The third-order valence-electron chi connectivity index (χ3n) is 4.04. The number of allylic oxidation sites excluding steroid dienone is 1. The summed E-state index contributed by atoms with van der Waals surface area (Å²) in [7, 11) is 1.48. The van der Waals surface area contributed by atoms with Gasteiger partial charge in [0.05, 0.1) is 29.2 Å². The Hall–Kier alpha value is -3.65. The molecule has 0 fully saturated rings. The van der Waals surface area contributed by atoms with Crippen LogP contribution in [0, 0.1) is 11.3 Å². The molecule has 1 atom stereocenters. The van der Waals surface area contributed by atoms with Crippen molar-refractivity contribution in [2.75, 3.05) is 17.7 Å². The van der Waals surface area contributed by atoms with Gasteiger partial charge in [-0.05, 0) is 42.8 Å². The van der Waals surface area contributed by atoms with Crippen molar-refractivity contribution in [1.29, 1.82) is 5.41 Å². The van der Waals surface area contributed by atoms with E-state index in [1.165, 1.54) is 25.4 Å². The molecule has 2 rings (SSSR count). The average Bonchev–Trinajstić information content (AvgIpc) is 2.72. The van der Waals surface area contributed by atoms with Crippen molar-refractivity contribution in [2.24, 2.45) is 11.7 Å². The Morgan fingerprint density at radius 1 is 1.33 bits per heavy atom. The highest BCUT2D eigenvalue weighted by molar-refractivity contribution is 6.30. The molecule has 0 aliphatic heterocycles. The fourth-order valence-electron chi connectivity index (χ4n) is 2.43. The second kappa shape index (κ2) is 10.8. The van der Waals surface area contributed by atoms with Crippen molar-refractivity contribution in [3.05, 3.63) is 71.9 Å². The fraction of sp³-hybridized carbons (Fsp3) is 0.143. The first-order chi connectivity index (χ1) is 14.3. The van der Waals surface area contributed by atoms with Gasteiger partial charge in [-0.25, -0.2) is 4.98 Å². The van der Waals surface area contributed by atoms with E-state index in [4.69, 9.17) is 27.5 Å². The quantitative estimate of drug-likeness (QED) is 0.210. The molecule has 156 valence electrons. The van der Waals surface area contributed by atoms with E-state index in [0.717, 1.165) is 0 Å². The van der Waals surface area contributed by atoms with Crippen molar-refractivity contribution in [1.82, 2.24) is 4.98 Å². The van der Waals surface area contributed by atoms with E-state index >= 15 is 0 Å². The summed E-state index contributed by atoms with van der Waals surface area (Å²) in [5, 5.41) is 13.2. The van der Waals surface area contributed by atoms with E-state index in [2.05, 4.69) is 22.2 Å². The van der Waals surface area contributed by atoms with Crippen molar-refractivity contribution in [2.45, 2.75) is 6.42 Å². The molecule has 30 heavy (non-hydrogen) atoms. The number of benzene rings is 1. The molecule has 1 unspecified atom stereocenters. The number of pyridine rings is 1. The van der Waals surface area contributed by atoms with E-state index in [0.29, 0.717) is 28.7 Å². The molecular formula is C21H22ClN5O3. The van der Waals surface area contributed by atoms with E-state index < -0.39 is 11.8 Å². The second-order valence-electron chi connectivity index (χ2n) is 6.15. The zero-order valence-corrected chi connectivity index (χ0v) is 17.1. The van der Waals surface area contributed by atoms with Gasteiger partial charge in [0, 0.05) is 12.1 Å². The third kappa shape index (κ3) is 6.46. The predicted octanol–water partition coefficient (Wildman–Crippen LogP) is 3.62. The molecule has 0 aliphatic carbocycles. The number of hydrogen-bond acceptors (Lipinski definition) is 5. The number of nitrogens with one attached hydrogen (secondary N) is 3. The van der Waals surface area contributed by atoms with Gasteiger partial charge in [0.2, 0.25) is 5.91 Å². The van der Waals surface area contributed by atoms with E-state index in [1.54, 1.807) is 36.4 Å². The van der Waals surface area contributed by atoms with Gasteiger partial charge in [-0.1, -0.05) is 23.8 Å². The Balaban J connectivity index is 2.16. The molecule has 1 aromatic heterocycles. The minimum absolute atomic E-state index is 0.0278. The van der Waals surface area contributed by atoms with Crippen LogP contribution in [0.4, 0.5) is 11.5 Å². The number of aromatic nitrogens is 1. The summed E-state index contributed by atoms with van der Waals surface area (Å²) in [5.74, 6) is -0.531. The summed E-state index contributed by atoms with van der Waals surface area (Å²) < 4.78 is 5.18. The first kappa shape index (κ1) is 22.6. The summed E-state index contributed by atoms with van der Waals surface area (Å²) in [4.78, 5) is 29.0. The molecule has 2 amide bonds. The SMILES string of the molecule is C=CC(C/C=C/C(=O)Nc1ccc(OC)cc1C(=O)Nc1ccc(Cl)cn1)C(=N)N. The number of nitrogens with zero attached hydrogens (tertiary/aromatic N) is 1. The number of carbonyl (C=O) groups is 2. The number of hydrogen-bond donors (Lipinski definition) is 4.